The highest BCUT2D eigenvalue weighted by Crippen LogP contribution is 2.25. The van der Waals surface area contributed by atoms with Gasteiger partial charge in [-0.2, -0.15) is 0 Å². The van der Waals surface area contributed by atoms with Crippen LogP contribution in [0, 0.1) is 6.92 Å². The van der Waals surface area contributed by atoms with Crippen molar-refractivity contribution in [2.75, 3.05) is 0 Å². The summed E-state index contributed by atoms with van der Waals surface area (Å²) >= 11 is 0. The zero-order valence-electron chi connectivity index (χ0n) is 11.7. The van der Waals surface area contributed by atoms with Gasteiger partial charge in [-0.3, -0.25) is 4.79 Å². The van der Waals surface area contributed by atoms with Gasteiger partial charge in [0.2, 0.25) is 0 Å². The monoisotopic (exact) mass is 263 g/mol. The number of ketones is 1. The van der Waals surface area contributed by atoms with Crippen molar-refractivity contribution in [1.82, 2.24) is 4.98 Å². The van der Waals surface area contributed by atoms with Crippen LogP contribution in [0.2, 0.25) is 0 Å². The zero-order chi connectivity index (χ0) is 14.1. The second kappa shape index (κ2) is 4.97. The number of H-pyrrole nitrogens is 1. The van der Waals surface area contributed by atoms with E-state index in [0.29, 0.717) is 0 Å². The molecule has 0 saturated heterocycles. The van der Waals surface area contributed by atoms with Crippen LogP contribution >= 0.6 is 0 Å². The first kappa shape index (κ1) is 12.7. The smallest absolute Gasteiger partial charge is 0.195 e. The van der Waals surface area contributed by atoms with Crippen molar-refractivity contribution in [1.29, 1.82) is 0 Å². The molecule has 2 aromatic carbocycles. The van der Waals surface area contributed by atoms with Gasteiger partial charge in [-0.1, -0.05) is 43.3 Å². The predicted octanol–water partition coefficient (Wildman–Crippen LogP) is 4.27. The van der Waals surface area contributed by atoms with Crippen LogP contribution in [0.3, 0.4) is 0 Å². The minimum absolute atomic E-state index is 0.100. The Bertz CT molecular complexity index is 783. The third kappa shape index (κ3) is 1.94. The summed E-state index contributed by atoms with van der Waals surface area (Å²) in [6.07, 6.45) is 2.69. The molecular weight excluding hydrogens is 246 g/mol. The Morgan fingerprint density at radius 3 is 2.65 bits per heavy atom. The molecule has 0 unspecified atom stereocenters. The van der Waals surface area contributed by atoms with Crippen molar-refractivity contribution in [2.24, 2.45) is 0 Å². The molecule has 0 spiro atoms. The van der Waals surface area contributed by atoms with E-state index in [1.54, 1.807) is 0 Å². The van der Waals surface area contributed by atoms with Gasteiger partial charge in [0.25, 0.3) is 0 Å². The summed E-state index contributed by atoms with van der Waals surface area (Å²) in [6.45, 7) is 4.12. The number of rotatable bonds is 3. The molecule has 2 nitrogen and oxygen atoms in total. The largest absolute Gasteiger partial charge is 0.360 e. The van der Waals surface area contributed by atoms with Crippen LogP contribution in [0.4, 0.5) is 0 Å². The summed E-state index contributed by atoms with van der Waals surface area (Å²) in [5, 5.41) is 1.03. The lowest BCUT2D eigenvalue weighted by Gasteiger charge is -2.06. The molecule has 2 heteroatoms. The van der Waals surface area contributed by atoms with Crippen LogP contribution in [0.1, 0.15) is 34.0 Å². The van der Waals surface area contributed by atoms with E-state index < -0.39 is 0 Å². The molecule has 0 atom stereocenters. The molecule has 0 fully saturated rings. The Labute approximate surface area is 118 Å². The lowest BCUT2D eigenvalue weighted by Crippen LogP contribution is -2.04. The van der Waals surface area contributed by atoms with Gasteiger partial charge in [-0.05, 0) is 30.5 Å². The van der Waals surface area contributed by atoms with Crippen LogP contribution in [-0.2, 0) is 6.42 Å². The number of hydrogen-bond donors (Lipinski definition) is 1. The van der Waals surface area contributed by atoms with Crippen molar-refractivity contribution in [3.8, 4) is 0 Å². The second-order valence-corrected chi connectivity index (χ2v) is 5.04. The minimum Gasteiger partial charge on any atom is -0.360 e. The van der Waals surface area contributed by atoms with Crippen molar-refractivity contribution < 1.29 is 4.79 Å². The minimum atomic E-state index is 0.100. The Kier molecular flexibility index (Phi) is 3.15. The van der Waals surface area contributed by atoms with Gasteiger partial charge in [0.1, 0.15) is 0 Å². The van der Waals surface area contributed by atoms with E-state index in [0.717, 1.165) is 39.6 Å². The maximum absolute atomic E-state index is 12.8. The number of aromatic nitrogens is 1. The van der Waals surface area contributed by atoms with Gasteiger partial charge in [-0.25, -0.2) is 0 Å². The number of aryl methyl sites for hydroxylation is 2. The SMILES string of the molecule is CCc1ccccc1C(=O)c1c[nH]c2cccc(C)c12. The highest BCUT2D eigenvalue weighted by molar-refractivity contribution is 6.17. The number of fused-ring (bicyclic) bond motifs is 1. The fourth-order valence-electron chi connectivity index (χ4n) is 2.74. The average Bonchev–Trinajstić information content (AvgIpc) is 2.92. The third-order valence-electron chi connectivity index (χ3n) is 3.80. The van der Waals surface area contributed by atoms with E-state index in [-0.39, 0.29) is 5.78 Å². The van der Waals surface area contributed by atoms with Crippen LogP contribution < -0.4 is 0 Å². The maximum atomic E-state index is 12.8. The van der Waals surface area contributed by atoms with E-state index in [2.05, 4.69) is 11.9 Å². The molecule has 0 aliphatic carbocycles. The second-order valence-electron chi connectivity index (χ2n) is 5.04. The summed E-state index contributed by atoms with van der Waals surface area (Å²) in [7, 11) is 0. The number of carbonyl (C=O) groups is 1. The molecule has 20 heavy (non-hydrogen) atoms. The number of carbonyl (C=O) groups excluding carboxylic acids is 1. The number of nitrogens with one attached hydrogen (secondary N) is 1. The molecular formula is C18H17NO. The van der Waals surface area contributed by atoms with Crippen molar-refractivity contribution in [2.45, 2.75) is 20.3 Å². The molecule has 0 radical (unpaired) electrons. The first-order valence-electron chi connectivity index (χ1n) is 6.91. The zero-order valence-corrected chi connectivity index (χ0v) is 11.7. The molecule has 0 amide bonds. The summed E-state index contributed by atoms with van der Waals surface area (Å²) in [4.78, 5) is 16.0. The Morgan fingerprint density at radius 1 is 1.05 bits per heavy atom. The number of aromatic amines is 1. The Hall–Kier alpha value is -2.35. The highest BCUT2D eigenvalue weighted by Gasteiger charge is 2.17. The first-order chi connectivity index (χ1) is 9.72. The number of hydrogen-bond acceptors (Lipinski definition) is 1. The quantitative estimate of drug-likeness (QED) is 0.703. The van der Waals surface area contributed by atoms with Gasteiger partial charge in [0, 0.05) is 28.2 Å². The fraction of sp³-hybridized carbons (Fsp3) is 0.167. The van der Waals surface area contributed by atoms with E-state index in [1.807, 2.05) is 55.6 Å². The van der Waals surface area contributed by atoms with Crippen LogP contribution in [0.15, 0.2) is 48.7 Å². The van der Waals surface area contributed by atoms with Crippen LogP contribution in [0.25, 0.3) is 10.9 Å². The van der Waals surface area contributed by atoms with Crippen LogP contribution in [-0.4, -0.2) is 10.8 Å². The van der Waals surface area contributed by atoms with Gasteiger partial charge in [-0.15, -0.1) is 0 Å². The highest BCUT2D eigenvalue weighted by atomic mass is 16.1. The van der Waals surface area contributed by atoms with Crippen molar-refractivity contribution in [3.05, 3.63) is 70.9 Å². The van der Waals surface area contributed by atoms with E-state index in [1.165, 1.54) is 0 Å². The molecule has 0 aliphatic rings. The first-order valence-corrected chi connectivity index (χ1v) is 6.91. The normalized spacial score (nSPS) is 10.9. The van der Waals surface area contributed by atoms with E-state index in [4.69, 9.17) is 0 Å². The molecule has 1 N–H and O–H groups in total. The molecule has 0 saturated carbocycles. The molecule has 3 rings (SSSR count). The van der Waals surface area contributed by atoms with E-state index in [9.17, 15) is 4.79 Å². The number of benzene rings is 2. The molecule has 100 valence electrons. The standard InChI is InChI=1S/C18H17NO/c1-3-13-8-4-5-9-14(13)18(20)15-11-19-16-10-6-7-12(2)17(15)16/h4-11,19H,3H2,1-2H3. The van der Waals surface area contributed by atoms with Gasteiger partial charge < -0.3 is 4.98 Å². The van der Waals surface area contributed by atoms with Crippen molar-refractivity contribution >= 4 is 16.7 Å². The molecule has 0 bridgehead atoms. The molecule has 1 aromatic heterocycles. The Morgan fingerprint density at radius 2 is 1.85 bits per heavy atom. The third-order valence-corrected chi connectivity index (χ3v) is 3.80. The maximum Gasteiger partial charge on any atom is 0.195 e. The van der Waals surface area contributed by atoms with E-state index >= 15 is 0 Å². The topological polar surface area (TPSA) is 32.9 Å². The molecule has 1 heterocycles. The average molecular weight is 263 g/mol. The van der Waals surface area contributed by atoms with Gasteiger partial charge >= 0.3 is 0 Å². The predicted molar refractivity (Wildman–Crippen MR) is 82.3 cm³/mol. The van der Waals surface area contributed by atoms with Gasteiger partial charge in [0.15, 0.2) is 5.78 Å². The van der Waals surface area contributed by atoms with Gasteiger partial charge in [0.05, 0.1) is 0 Å². The summed E-state index contributed by atoms with van der Waals surface area (Å²) in [6, 6.07) is 13.9. The van der Waals surface area contributed by atoms with Crippen LogP contribution in [0.5, 0.6) is 0 Å². The lowest BCUT2D eigenvalue weighted by atomic mass is 9.95. The fourth-order valence-corrected chi connectivity index (χ4v) is 2.74. The summed E-state index contributed by atoms with van der Waals surface area (Å²) in [5.74, 6) is 0.100. The summed E-state index contributed by atoms with van der Waals surface area (Å²) < 4.78 is 0. The summed E-state index contributed by atoms with van der Waals surface area (Å²) in [5.41, 5.74) is 4.81. The molecule has 0 aliphatic heterocycles. The lowest BCUT2D eigenvalue weighted by molar-refractivity contribution is 0.103. The van der Waals surface area contributed by atoms with Crippen molar-refractivity contribution in [3.63, 3.8) is 0 Å². The molecule has 3 aromatic rings. The Balaban J connectivity index is 2.18.